The van der Waals surface area contributed by atoms with Gasteiger partial charge < -0.3 is 19.3 Å². The minimum Gasteiger partial charge on any atom is -0.507 e. The first-order valence-electron chi connectivity index (χ1n) is 17.8. The minimum atomic E-state index is -2.68. The number of anilines is 2. The van der Waals surface area contributed by atoms with Crippen molar-refractivity contribution in [3.8, 4) is 22.8 Å². The molecule has 6 heteroatoms. The van der Waals surface area contributed by atoms with E-state index in [1.807, 2.05) is 65.5 Å². The summed E-state index contributed by atoms with van der Waals surface area (Å²) in [6, 6.07) is 31.9. The van der Waals surface area contributed by atoms with Crippen LogP contribution in [-0.4, -0.2) is 21.3 Å². The molecule has 0 spiro atoms. The van der Waals surface area contributed by atoms with E-state index >= 15 is 0 Å². The van der Waals surface area contributed by atoms with Crippen LogP contribution in [0.3, 0.4) is 0 Å². The number of aromatic nitrogens is 2. The van der Waals surface area contributed by atoms with Crippen LogP contribution in [0.4, 0.5) is 11.4 Å². The van der Waals surface area contributed by atoms with Crippen molar-refractivity contribution in [3.63, 3.8) is 0 Å². The lowest BCUT2D eigenvalue weighted by Gasteiger charge is -2.23. The molecule has 0 aliphatic carbocycles. The topological polar surface area (TPSA) is 57.7 Å². The molecule has 1 unspecified atom stereocenters. The fourth-order valence-corrected chi connectivity index (χ4v) is 6.57. The molecule has 1 aliphatic heterocycles. The molecule has 5 aromatic carbocycles. The van der Waals surface area contributed by atoms with Crippen molar-refractivity contribution in [2.24, 2.45) is 0 Å². The van der Waals surface area contributed by atoms with Crippen LogP contribution < -0.4 is 9.80 Å². The second kappa shape index (κ2) is 10.8. The first kappa shape index (κ1) is 22.9. The number of rotatable bonds is 6. The fourth-order valence-electron chi connectivity index (χ4n) is 6.57. The molecule has 2 aromatic heterocycles. The highest BCUT2D eigenvalue weighted by molar-refractivity contribution is 6.09. The zero-order valence-corrected chi connectivity index (χ0v) is 25.8. The quantitative estimate of drug-likeness (QED) is 0.203. The van der Waals surface area contributed by atoms with Crippen molar-refractivity contribution in [2.75, 3.05) is 16.5 Å². The van der Waals surface area contributed by atoms with E-state index in [9.17, 15) is 6.48 Å². The third kappa shape index (κ3) is 4.36. The number of phenols is 1. The molecule has 0 amide bonds. The molecule has 1 N–H and O–H groups in total. The Morgan fingerprint density at radius 2 is 1.43 bits per heavy atom. The summed E-state index contributed by atoms with van der Waals surface area (Å²) in [7, 11) is 0. The van der Waals surface area contributed by atoms with Gasteiger partial charge in [-0.2, -0.15) is 0 Å². The number of aromatic hydroxyl groups is 1. The van der Waals surface area contributed by atoms with E-state index in [0.717, 1.165) is 33.3 Å². The van der Waals surface area contributed by atoms with Gasteiger partial charge in [-0.1, -0.05) is 94.4 Å². The monoisotopic (exact) mass is 609 g/mol. The van der Waals surface area contributed by atoms with Crippen LogP contribution in [0.5, 0.6) is 5.75 Å². The molecule has 1 aliphatic rings. The molecule has 0 saturated carbocycles. The first-order valence-corrected chi connectivity index (χ1v) is 15.3. The third-order valence-electron chi connectivity index (χ3n) is 8.74. The molecule has 0 radical (unpaired) electrons. The number of fused-ring (bicyclic) bond motifs is 4. The maximum atomic E-state index is 11.2. The van der Waals surface area contributed by atoms with E-state index in [1.165, 1.54) is 6.92 Å². The lowest BCUT2D eigenvalue weighted by atomic mass is 9.92. The van der Waals surface area contributed by atoms with Crippen LogP contribution in [0.2, 0.25) is 0 Å². The molecule has 6 nitrogen and oxygen atoms in total. The molecule has 8 rings (SSSR count). The lowest BCUT2D eigenvalue weighted by molar-refractivity contribution is 0.477. The van der Waals surface area contributed by atoms with Gasteiger partial charge in [0.2, 0.25) is 0 Å². The first-order chi connectivity index (χ1) is 24.3. The molecule has 3 heterocycles. The zero-order valence-electron chi connectivity index (χ0n) is 30.8. The van der Waals surface area contributed by atoms with Gasteiger partial charge in [0.25, 0.3) is 0 Å². The highest BCUT2D eigenvalue weighted by atomic mass is 16.3. The van der Waals surface area contributed by atoms with Gasteiger partial charge in [-0.05, 0) is 59.3 Å². The number of benzene rings is 5. The summed E-state index contributed by atoms with van der Waals surface area (Å²) in [5, 5.41) is 13.3. The van der Waals surface area contributed by atoms with Crippen LogP contribution in [0.25, 0.3) is 50.0 Å². The number of phenolic OH excluding ortho intramolecular Hbond substituents is 1. The van der Waals surface area contributed by atoms with Crippen molar-refractivity contribution in [3.05, 3.63) is 127 Å². The molecule has 0 bridgehead atoms. The predicted molar refractivity (Wildman–Crippen MR) is 189 cm³/mol. The summed E-state index contributed by atoms with van der Waals surface area (Å²) >= 11 is 0. The maximum Gasteiger partial charge on any atom is 0.159 e. The Labute approximate surface area is 275 Å². The molecule has 228 valence electrons. The summed E-state index contributed by atoms with van der Waals surface area (Å²) in [6.45, 7) is 2.64. The van der Waals surface area contributed by atoms with Crippen molar-refractivity contribution < 1.29 is 16.4 Å². The van der Waals surface area contributed by atoms with Gasteiger partial charge in [-0.25, -0.2) is 4.98 Å². The second-order valence-corrected chi connectivity index (χ2v) is 11.9. The number of hydrogen-bond donors (Lipinski definition) is 1. The van der Waals surface area contributed by atoms with Crippen LogP contribution in [0, 0.1) is 0 Å². The summed E-state index contributed by atoms with van der Waals surface area (Å²) in [4.78, 5) is 9.37. The number of hydrogen-bond acceptors (Lipinski definition) is 5. The van der Waals surface area contributed by atoms with Gasteiger partial charge in [0.15, 0.2) is 5.58 Å². The Bertz CT molecular complexity index is 2510. The smallest absolute Gasteiger partial charge is 0.159 e. The maximum absolute atomic E-state index is 11.2. The Kier molecular flexibility index (Phi) is 5.41. The SMILES string of the molecule is [2H]C(C)(C)c1cccc(C([2H])(C)C([2H])([2H])[2H])c1-n1c(-c2ccccc2O)nc2c(N3C=CN(c4cccc5c4oc4ccccc45)C3)cccc21. The molecule has 1 atom stereocenters. The van der Waals surface area contributed by atoms with Gasteiger partial charge in [-0.15, -0.1) is 0 Å². The number of furan rings is 1. The molecule has 7 aromatic rings. The van der Waals surface area contributed by atoms with Gasteiger partial charge in [0.05, 0.1) is 34.8 Å². The Balaban J connectivity index is 1.34. The normalized spacial score (nSPS) is 16.8. The van der Waals surface area contributed by atoms with Gasteiger partial charge in [0.1, 0.15) is 22.7 Å². The van der Waals surface area contributed by atoms with Crippen molar-refractivity contribution in [2.45, 2.75) is 39.4 Å². The lowest BCUT2D eigenvalue weighted by Crippen LogP contribution is -2.24. The van der Waals surface area contributed by atoms with Crippen molar-refractivity contribution in [1.29, 1.82) is 0 Å². The number of para-hydroxylation sites is 5. The van der Waals surface area contributed by atoms with Gasteiger partial charge >= 0.3 is 0 Å². The van der Waals surface area contributed by atoms with Gasteiger partial charge in [-0.3, -0.25) is 4.57 Å². The summed E-state index contributed by atoms with van der Waals surface area (Å²) in [5.41, 5.74) is 6.14. The average Bonchev–Trinajstić information content (AvgIpc) is 3.83. The number of nitrogens with zero attached hydrogens (tertiary/aromatic N) is 4. The summed E-state index contributed by atoms with van der Waals surface area (Å²) in [6.07, 6.45) is 3.98. The van der Waals surface area contributed by atoms with Gasteiger partial charge in [0, 0.05) is 30.0 Å². The third-order valence-corrected chi connectivity index (χ3v) is 8.74. The van der Waals surface area contributed by atoms with E-state index in [2.05, 4.69) is 21.9 Å². The van der Waals surface area contributed by atoms with Crippen LogP contribution in [-0.2, 0) is 0 Å². The second-order valence-electron chi connectivity index (χ2n) is 11.9. The van der Waals surface area contributed by atoms with Crippen LogP contribution in [0.1, 0.15) is 57.4 Å². The highest BCUT2D eigenvalue weighted by Crippen LogP contribution is 2.42. The van der Waals surface area contributed by atoms with Crippen molar-refractivity contribution >= 4 is 44.3 Å². The Hall–Kier alpha value is -5.49. The van der Waals surface area contributed by atoms with E-state index in [4.69, 9.17) is 14.9 Å². The number of imidazole rings is 1. The molecular formula is C40H36N4O2. The molecular weight excluding hydrogens is 568 g/mol. The predicted octanol–water partition coefficient (Wildman–Crippen LogP) is 10.3. The Morgan fingerprint density at radius 1 is 0.761 bits per heavy atom. The van der Waals surface area contributed by atoms with Crippen LogP contribution >= 0.6 is 0 Å². The van der Waals surface area contributed by atoms with E-state index in [0.29, 0.717) is 40.3 Å². The minimum absolute atomic E-state index is 0.00426. The van der Waals surface area contributed by atoms with E-state index in [-0.39, 0.29) is 11.3 Å². The molecule has 0 saturated heterocycles. The molecule has 0 fully saturated rings. The highest BCUT2D eigenvalue weighted by Gasteiger charge is 2.27. The standard InChI is InChI=1S/C40H36N4O2/c1-25(2)27-14-9-15-28(26(3)4)38(27)44-33-18-11-17-32(37(33)41-40(44)31-13-5-7-20-35(31)45)42-22-23-43(24-42)34-19-10-16-30-29-12-6-8-21-36(29)46-39(30)34/h5-23,25-26,45H,24H2,1-4H3/i1D3,25D,26D. The largest absolute Gasteiger partial charge is 0.507 e. The zero-order chi connectivity index (χ0) is 35.9. The van der Waals surface area contributed by atoms with Crippen LogP contribution in [0.15, 0.2) is 120 Å². The Morgan fingerprint density at radius 3 is 2.24 bits per heavy atom. The molecule has 46 heavy (non-hydrogen) atoms. The van der Waals surface area contributed by atoms with Crippen molar-refractivity contribution in [1.82, 2.24) is 9.55 Å². The summed E-state index contributed by atoms with van der Waals surface area (Å²) in [5.74, 6) is -2.86. The fraction of sp³-hybridized carbons (Fsp3) is 0.175. The average molecular weight is 610 g/mol. The summed E-state index contributed by atoms with van der Waals surface area (Å²) < 4.78 is 51.6. The van der Waals surface area contributed by atoms with E-state index in [1.54, 1.807) is 56.3 Å². The van der Waals surface area contributed by atoms with E-state index < -0.39 is 18.6 Å².